The first kappa shape index (κ1) is 12.3. The van der Waals surface area contributed by atoms with E-state index in [0.717, 1.165) is 6.07 Å². The van der Waals surface area contributed by atoms with E-state index in [9.17, 15) is 22.8 Å². The van der Waals surface area contributed by atoms with E-state index in [1.165, 1.54) is 18.2 Å². The number of nitrogens with zero attached hydrogens (tertiary/aromatic N) is 1. The first-order chi connectivity index (χ1) is 8.36. The van der Waals surface area contributed by atoms with E-state index in [2.05, 4.69) is 9.72 Å². The monoisotopic (exact) mass is 257 g/mol. The van der Waals surface area contributed by atoms with Gasteiger partial charge in [0.2, 0.25) is 5.88 Å². The summed E-state index contributed by atoms with van der Waals surface area (Å²) >= 11 is 0. The molecule has 0 bridgehead atoms. The number of hydrogen-bond acceptors (Lipinski definition) is 4. The van der Waals surface area contributed by atoms with Crippen LogP contribution in [-0.2, 0) is 16.0 Å². The molecule has 1 aliphatic rings. The number of fused-ring (bicyclic) bond motifs is 1. The van der Waals surface area contributed by atoms with E-state index in [1.807, 2.05) is 0 Å². The highest BCUT2D eigenvalue weighted by molar-refractivity contribution is 5.97. The third-order valence-electron chi connectivity index (χ3n) is 2.20. The maximum Gasteiger partial charge on any atom is 0.491 e. The topological polar surface area (TPSA) is 56.3 Å². The van der Waals surface area contributed by atoms with Gasteiger partial charge in [0.05, 0.1) is 12.1 Å². The molecule has 0 saturated carbocycles. The van der Waals surface area contributed by atoms with Crippen LogP contribution in [0.3, 0.4) is 0 Å². The lowest BCUT2D eigenvalue weighted by atomic mass is 10.0. The van der Waals surface area contributed by atoms with Crippen LogP contribution < -0.4 is 4.74 Å². The van der Waals surface area contributed by atoms with E-state index in [1.54, 1.807) is 0 Å². The predicted octanol–water partition coefficient (Wildman–Crippen LogP) is 1.69. The molecule has 18 heavy (non-hydrogen) atoms. The van der Waals surface area contributed by atoms with Crippen molar-refractivity contribution in [3.8, 4) is 5.88 Å². The Morgan fingerprint density at radius 2 is 2.00 bits per heavy atom. The molecule has 1 heterocycles. The first-order valence-corrected chi connectivity index (χ1v) is 4.86. The second-order valence-electron chi connectivity index (χ2n) is 3.55. The Morgan fingerprint density at radius 3 is 2.67 bits per heavy atom. The Hall–Kier alpha value is -2.18. The summed E-state index contributed by atoms with van der Waals surface area (Å²) in [6.45, 7) is 0. The molecule has 0 saturated heterocycles. The molecule has 0 aromatic carbocycles. The highest BCUT2D eigenvalue weighted by Crippen LogP contribution is 2.22. The van der Waals surface area contributed by atoms with Gasteiger partial charge in [0.1, 0.15) is 0 Å². The van der Waals surface area contributed by atoms with Gasteiger partial charge in [-0.05, 0) is 23.8 Å². The number of hydrogen-bond donors (Lipinski definition) is 0. The molecule has 1 aromatic heterocycles. The van der Waals surface area contributed by atoms with Gasteiger partial charge >= 0.3 is 12.1 Å². The van der Waals surface area contributed by atoms with Gasteiger partial charge in [0.25, 0.3) is 0 Å². The van der Waals surface area contributed by atoms with Gasteiger partial charge in [-0.25, -0.2) is 9.78 Å². The normalized spacial score (nSPS) is 14.3. The lowest BCUT2D eigenvalue weighted by molar-refractivity contribution is -0.190. The van der Waals surface area contributed by atoms with Crippen molar-refractivity contribution in [3.05, 3.63) is 29.5 Å². The van der Waals surface area contributed by atoms with Crippen molar-refractivity contribution < 1.29 is 27.5 Å². The van der Waals surface area contributed by atoms with E-state index >= 15 is 0 Å². The van der Waals surface area contributed by atoms with Crippen molar-refractivity contribution >= 4 is 17.8 Å². The smallest absolute Gasteiger partial charge is 0.401 e. The molecule has 1 aromatic rings. The average Bonchev–Trinajstić information content (AvgIpc) is 2.27. The van der Waals surface area contributed by atoms with Crippen molar-refractivity contribution in [1.82, 2.24) is 4.98 Å². The maximum atomic E-state index is 12.0. The summed E-state index contributed by atoms with van der Waals surface area (Å²) < 4.78 is 40.0. The van der Waals surface area contributed by atoms with Crippen LogP contribution in [0.5, 0.6) is 5.88 Å². The van der Waals surface area contributed by atoms with Crippen LogP contribution in [0, 0.1) is 0 Å². The molecule has 4 nitrogen and oxygen atoms in total. The zero-order valence-electron chi connectivity index (χ0n) is 8.82. The van der Waals surface area contributed by atoms with Crippen LogP contribution in [-0.4, -0.2) is 22.9 Å². The van der Waals surface area contributed by atoms with Crippen LogP contribution in [0.1, 0.15) is 11.3 Å². The highest BCUT2D eigenvalue weighted by Gasteiger charge is 2.41. The molecule has 7 heteroatoms. The van der Waals surface area contributed by atoms with Crippen molar-refractivity contribution in [3.63, 3.8) is 0 Å². The number of ketones is 1. The van der Waals surface area contributed by atoms with Gasteiger partial charge in [-0.15, -0.1) is 0 Å². The number of rotatable bonds is 1. The molecule has 0 aliphatic heterocycles. The largest absolute Gasteiger partial charge is 0.491 e. The summed E-state index contributed by atoms with van der Waals surface area (Å²) in [7, 11) is 0. The van der Waals surface area contributed by atoms with E-state index in [4.69, 9.17) is 0 Å². The Morgan fingerprint density at radius 1 is 1.28 bits per heavy atom. The Balaban J connectivity index is 2.22. The Labute approximate surface area is 99.1 Å². The summed E-state index contributed by atoms with van der Waals surface area (Å²) in [5, 5.41) is 0. The number of ether oxygens (including phenoxy) is 1. The van der Waals surface area contributed by atoms with Crippen molar-refractivity contribution in [2.45, 2.75) is 12.6 Å². The lowest BCUT2D eigenvalue weighted by Crippen LogP contribution is -2.28. The number of alkyl halides is 3. The third kappa shape index (κ3) is 2.55. The quantitative estimate of drug-likeness (QED) is 0.718. The molecule has 2 rings (SSSR count). The van der Waals surface area contributed by atoms with E-state index in [-0.39, 0.29) is 17.9 Å². The predicted molar refractivity (Wildman–Crippen MR) is 53.7 cm³/mol. The minimum Gasteiger partial charge on any atom is -0.401 e. The van der Waals surface area contributed by atoms with Crippen LogP contribution >= 0.6 is 0 Å². The van der Waals surface area contributed by atoms with Crippen molar-refractivity contribution in [2.75, 3.05) is 0 Å². The number of carbonyl (C=O) groups excluding carboxylic acids is 2. The fraction of sp³-hybridized carbons (Fsp3) is 0.182. The maximum absolute atomic E-state index is 12.0. The van der Waals surface area contributed by atoms with Crippen molar-refractivity contribution in [1.29, 1.82) is 0 Å². The second-order valence-corrected chi connectivity index (χ2v) is 3.55. The number of pyridine rings is 1. The Kier molecular flexibility index (Phi) is 2.90. The number of aromatic nitrogens is 1. The van der Waals surface area contributed by atoms with Gasteiger partial charge in [0.15, 0.2) is 5.78 Å². The van der Waals surface area contributed by atoms with Gasteiger partial charge < -0.3 is 4.74 Å². The second kappa shape index (κ2) is 4.25. The van der Waals surface area contributed by atoms with Crippen LogP contribution in [0.15, 0.2) is 18.2 Å². The molecule has 0 unspecified atom stereocenters. The summed E-state index contributed by atoms with van der Waals surface area (Å²) in [5.41, 5.74) is 0.899. The lowest BCUT2D eigenvalue weighted by Gasteiger charge is -2.11. The fourth-order valence-corrected chi connectivity index (χ4v) is 1.40. The number of halogens is 3. The minimum absolute atomic E-state index is 0.0246. The van der Waals surface area contributed by atoms with Crippen molar-refractivity contribution in [2.24, 2.45) is 0 Å². The zero-order valence-corrected chi connectivity index (χ0v) is 8.82. The third-order valence-corrected chi connectivity index (χ3v) is 2.20. The molecule has 0 fully saturated rings. The molecule has 0 radical (unpaired) electrons. The molecule has 0 amide bonds. The summed E-state index contributed by atoms with van der Waals surface area (Å²) in [6, 6.07) is 2.58. The fourth-order valence-electron chi connectivity index (χ4n) is 1.40. The number of esters is 1. The highest BCUT2D eigenvalue weighted by atomic mass is 19.4. The summed E-state index contributed by atoms with van der Waals surface area (Å²) in [6.07, 6.45) is -2.24. The van der Waals surface area contributed by atoms with Gasteiger partial charge in [-0.2, -0.15) is 13.2 Å². The molecule has 0 atom stereocenters. The molecular weight excluding hydrogens is 251 g/mol. The summed E-state index contributed by atoms with van der Waals surface area (Å²) in [5.74, 6) is -3.03. The summed E-state index contributed by atoms with van der Waals surface area (Å²) in [4.78, 5) is 25.4. The standard InChI is InChI=1S/C11H6F3NO3/c12-11(13,14)10(17)18-9-4-2-6-1-3-7(16)5-8(6)15-9/h1-4H,5H2. The van der Waals surface area contributed by atoms with E-state index in [0.29, 0.717) is 5.56 Å². The number of allylic oxidation sites excluding steroid dienone is 1. The minimum atomic E-state index is -5.08. The van der Waals surface area contributed by atoms with Gasteiger partial charge in [0, 0.05) is 6.07 Å². The average molecular weight is 257 g/mol. The van der Waals surface area contributed by atoms with Crippen LogP contribution in [0.25, 0.3) is 6.08 Å². The van der Waals surface area contributed by atoms with Gasteiger partial charge in [-0.1, -0.05) is 0 Å². The molecule has 0 spiro atoms. The molecule has 0 N–H and O–H groups in total. The van der Waals surface area contributed by atoms with Crippen LogP contribution in [0.2, 0.25) is 0 Å². The first-order valence-electron chi connectivity index (χ1n) is 4.86. The SMILES string of the molecule is O=C1C=Cc2ccc(OC(=O)C(F)(F)F)nc2C1. The molecule has 1 aliphatic carbocycles. The molecule has 94 valence electrons. The van der Waals surface area contributed by atoms with Crippen LogP contribution in [0.4, 0.5) is 13.2 Å². The molecular formula is C11H6F3NO3. The number of carbonyl (C=O) groups is 2. The zero-order chi connectivity index (χ0) is 13.3. The Bertz CT molecular complexity index is 549. The van der Waals surface area contributed by atoms with Gasteiger partial charge in [-0.3, -0.25) is 4.79 Å². The van der Waals surface area contributed by atoms with E-state index < -0.39 is 18.0 Å².